The lowest BCUT2D eigenvalue weighted by molar-refractivity contribution is -0.120. The number of hydrogen-bond acceptors (Lipinski definition) is 4. The van der Waals surface area contributed by atoms with Crippen molar-refractivity contribution in [2.45, 2.75) is 26.5 Å². The summed E-state index contributed by atoms with van der Waals surface area (Å²) in [5.74, 6) is -0.0235. The number of halogens is 2. The molecule has 0 bridgehead atoms. The van der Waals surface area contributed by atoms with Crippen LogP contribution in [0.1, 0.15) is 24.5 Å². The van der Waals surface area contributed by atoms with Crippen LogP contribution in [-0.4, -0.2) is 12.5 Å². The Labute approximate surface area is 156 Å². The molecule has 0 aromatic heterocycles. The van der Waals surface area contributed by atoms with E-state index in [0.717, 1.165) is 0 Å². The Bertz CT molecular complexity index is 821. The second kappa shape index (κ2) is 9.64. The van der Waals surface area contributed by atoms with Crippen LogP contribution < -0.4 is 14.8 Å². The number of amides is 1. The van der Waals surface area contributed by atoms with Crippen molar-refractivity contribution in [1.82, 2.24) is 5.32 Å². The lowest BCUT2D eigenvalue weighted by atomic mass is 10.2. The third-order valence-corrected chi connectivity index (χ3v) is 3.71. The molecule has 0 atom stereocenters. The average Bonchev–Trinajstić information content (AvgIpc) is 2.61. The van der Waals surface area contributed by atoms with E-state index in [4.69, 9.17) is 26.3 Å². The Morgan fingerprint density at radius 1 is 1.31 bits per heavy atom. The van der Waals surface area contributed by atoms with Gasteiger partial charge in [-0.15, -0.1) is 0 Å². The zero-order valence-electron chi connectivity index (χ0n) is 14.2. The lowest BCUT2D eigenvalue weighted by Gasteiger charge is -2.16. The van der Waals surface area contributed by atoms with Gasteiger partial charge in [0, 0.05) is 12.1 Å². The first kappa shape index (κ1) is 19.5. The first-order valence-electron chi connectivity index (χ1n) is 8.00. The molecule has 0 heterocycles. The van der Waals surface area contributed by atoms with Gasteiger partial charge in [-0.3, -0.25) is 4.79 Å². The van der Waals surface area contributed by atoms with Gasteiger partial charge in [0.2, 0.25) is 5.91 Å². The van der Waals surface area contributed by atoms with Crippen LogP contribution in [-0.2, 0) is 17.9 Å². The van der Waals surface area contributed by atoms with Crippen molar-refractivity contribution in [2.24, 2.45) is 0 Å². The van der Waals surface area contributed by atoms with E-state index in [-0.39, 0.29) is 36.3 Å². The van der Waals surface area contributed by atoms with E-state index in [9.17, 15) is 9.18 Å². The maximum Gasteiger partial charge on any atom is 0.234 e. The van der Waals surface area contributed by atoms with Crippen molar-refractivity contribution in [3.05, 3.63) is 58.4 Å². The topological polar surface area (TPSA) is 71.3 Å². The maximum absolute atomic E-state index is 13.7. The fourth-order valence-electron chi connectivity index (χ4n) is 2.23. The largest absolute Gasteiger partial charge is 0.490 e. The summed E-state index contributed by atoms with van der Waals surface area (Å²) in [5, 5.41) is 11.4. The molecule has 0 spiro atoms. The normalized spacial score (nSPS) is 10.1. The Balaban J connectivity index is 2.16. The maximum atomic E-state index is 13.7. The highest BCUT2D eigenvalue weighted by Crippen LogP contribution is 2.37. The van der Waals surface area contributed by atoms with Gasteiger partial charge in [0.1, 0.15) is 18.8 Å². The quantitative estimate of drug-likeness (QED) is 0.756. The number of rotatable bonds is 8. The van der Waals surface area contributed by atoms with E-state index in [1.54, 1.807) is 36.4 Å². The van der Waals surface area contributed by atoms with Gasteiger partial charge in [-0.1, -0.05) is 29.8 Å². The standard InChI is InChI=1S/C19H18ClFN2O3/c1-2-25-17-10-13(11-23-18(24)7-8-22)9-15(20)19(17)26-12-14-5-3-4-6-16(14)21/h3-6,9-10H,2,7,11-12H2,1H3,(H,23,24). The minimum atomic E-state index is -0.374. The molecule has 0 unspecified atom stereocenters. The molecule has 0 fully saturated rings. The molecule has 26 heavy (non-hydrogen) atoms. The zero-order valence-corrected chi connectivity index (χ0v) is 15.0. The molecule has 0 aliphatic heterocycles. The molecule has 2 rings (SSSR count). The van der Waals surface area contributed by atoms with E-state index < -0.39 is 0 Å². The van der Waals surface area contributed by atoms with Gasteiger partial charge in [0.05, 0.1) is 17.7 Å². The summed E-state index contributed by atoms with van der Waals surface area (Å²) >= 11 is 6.29. The van der Waals surface area contributed by atoms with Crippen molar-refractivity contribution >= 4 is 17.5 Å². The molecule has 1 amide bonds. The highest BCUT2D eigenvalue weighted by atomic mass is 35.5. The molecule has 1 N–H and O–H groups in total. The highest BCUT2D eigenvalue weighted by molar-refractivity contribution is 6.32. The molecule has 0 radical (unpaired) electrons. The van der Waals surface area contributed by atoms with Crippen LogP contribution in [0.4, 0.5) is 4.39 Å². The van der Waals surface area contributed by atoms with Crippen LogP contribution in [0.25, 0.3) is 0 Å². The van der Waals surface area contributed by atoms with Crippen LogP contribution in [0.15, 0.2) is 36.4 Å². The number of nitrogens with zero attached hydrogens (tertiary/aromatic N) is 1. The van der Waals surface area contributed by atoms with Gasteiger partial charge in [-0.2, -0.15) is 5.26 Å². The summed E-state index contributed by atoms with van der Waals surface area (Å²) in [6, 6.07) is 11.4. The molecule has 0 aliphatic rings. The Morgan fingerprint density at radius 3 is 2.77 bits per heavy atom. The van der Waals surface area contributed by atoms with Gasteiger partial charge >= 0.3 is 0 Å². The predicted molar refractivity (Wildman–Crippen MR) is 95.4 cm³/mol. The predicted octanol–water partition coefficient (Wildman–Crippen LogP) is 3.99. The molecule has 2 aromatic rings. The van der Waals surface area contributed by atoms with Crippen molar-refractivity contribution in [3.8, 4) is 17.6 Å². The second-order valence-corrected chi connectivity index (χ2v) is 5.74. The first-order valence-corrected chi connectivity index (χ1v) is 8.38. The Hall–Kier alpha value is -2.78. The first-order chi connectivity index (χ1) is 12.5. The van der Waals surface area contributed by atoms with E-state index in [1.165, 1.54) is 6.07 Å². The molecule has 0 aliphatic carbocycles. The molecule has 7 heteroatoms. The van der Waals surface area contributed by atoms with Crippen molar-refractivity contribution in [2.75, 3.05) is 6.61 Å². The fourth-order valence-corrected chi connectivity index (χ4v) is 2.51. The van der Waals surface area contributed by atoms with E-state index in [1.807, 2.05) is 6.92 Å². The number of nitriles is 1. The van der Waals surface area contributed by atoms with Crippen molar-refractivity contribution < 1.29 is 18.7 Å². The number of carbonyl (C=O) groups excluding carboxylic acids is 1. The summed E-state index contributed by atoms with van der Waals surface area (Å²) in [4.78, 5) is 11.4. The highest BCUT2D eigenvalue weighted by Gasteiger charge is 2.14. The summed E-state index contributed by atoms with van der Waals surface area (Å²) in [5.41, 5.74) is 1.10. The summed E-state index contributed by atoms with van der Waals surface area (Å²) in [6.07, 6.45) is -0.212. The minimum Gasteiger partial charge on any atom is -0.490 e. The third kappa shape index (κ3) is 5.36. The number of ether oxygens (including phenoxy) is 2. The summed E-state index contributed by atoms with van der Waals surface area (Å²) in [7, 11) is 0. The lowest BCUT2D eigenvalue weighted by Crippen LogP contribution is -2.21. The third-order valence-electron chi connectivity index (χ3n) is 3.43. The van der Waals surface area contributed by atoms with Gasteiger partial charge in [0.25, 0.3) is 0 Å². The van der Waals surface area contributed by atoms with Crippen molar-refractivity contribution in [3.63, 3.8) is 0 Å². The van der Waals surface area contributed by atoms with Crippen molar-refractivity contribution in [1.29, 1.82) is 5.26 Å². The van der Waals surface area contributed by atoms with Crippen LogP contribution >= 0.6 is 11.6 Å². The SMILES string of the molecule is CCOc1cc(CNC(=O)CC#N)cc(Cl)c1OCc1ccccc1F. The summed E-state index contributed by atoms with van der Waals surface area (Å²) in [6.45, 7) is 2.41. The second-order valence-electron chi connectivity index (χ2n) is 5.33. The van der Waals surface area contributed by atoms with Gasteiger partial charge in [0.15, 0.2) is 11.5 Å². The van der Waals surface area contributed by atoms with Gasteiger partial charge < -0.3 is 14.8 Å². The number of nitrogens with one attached hydrogen (secondary N) is 1. The number of benzene rings is 2. The number of carbonyl (C=O) groups is 1. The zero-order chi connectivity index (χ0) is 18.9. The molecule has 5 nitrogen and oxygen atoms in total. The monoisotopic (exact) mass is 376 g/mol. The molecule has 2 aromatic carbocycles. The minimum absolute atomic E-state index is 0.00468. The van der Waals surface area contributed by atoms with E-state index in [0.29, 0.717) is 29.2 Å². The molecular formula is C19H18ClFN2O3. The number of hydrogen-bond donors (Lipinski definition) is 1. The summed E-state index contributed by atoms with van der Waals surface area (Å²) < 4.78 is 25.0. The Kier molecular flexibility index (Phi) is 7.24. The van der Waals surface area contributed by atoms with Crippen LogP contribution in [0, 0.1) is 17.1 Å². The Morgan fingerprint density at radius 2 is 2.08 bits per heavy atom. The smallest absolute Gasteiger partial charge is 0.234 e. The van der Waals surface area contributed by atoms with Gasteiger partial charge in [-0.25, -0.2) is 4.39 Å². The van der Waals surface area contributed by atoms with E-state index >= 15 is 0 Å². The van der Waals surface area contributed by atoms with Crippen LogP contribution in [0.5, 0.6) is 11.5 Å². The van der Waals surface area contributed by atoms with Crippen LogP contribution in [0.3, 0.4) is 0 Å². The van der Waals surface area contributed by atoms with E-state index in [2.05, 4.69) is 5.32 Å². The van der Waals surface area contributed by atoms with Gasteiger partial charge in [-0.05, 0) is 30.7 Å². The van der Waals surface area contributed by atoms with Crippen LogP contribution in [0.2, 0.25) is 5.02 Å². The molecule has 0 saturated carbocycles. The molecule has 136 valence electrons. The fraction of sp³-hybridized carbons (Fsp3) is 0.263. The molecule has 0 saturated heterocycles. The molecular weight excluding hydrogens is 359 g/mol. The average molecular weight is 377 g/mol.